The highest BCUT2D eigenvalue weighted by molar-refractivity contribution is 7.89. The SMILES string of the molecule is CS(=O)(=O)N1CCC(c2ccc(CCS(=O)(=O)N3CCC(c4cc(Cl)cc5[nH]ncc45)CC3)c3[nH]ncc23)CC1. The first-order valence-corrected chi connectivity index (χ1v) is 17.4. The lowest BCUT2D eigenvalue weighted by Gasteiger charge is -2.32. The Morgan fingerprint density at radius 3 is 2.17 bits per heavy atom. The van der Waals surface area contributed by atoms with Gasteiger partial charge >= 0.3 is 0 Å². The highest BCUT2D eigenvalue weighted by Crippen LogP contribution is 2.36. The van der Waals surface area contributed by atoms with Crippen LogP contribution < -0.4 is 0 Å². The molecule has 0 bridgehead atoms. The predicted octanol–water partition coefficient (Wildman–Crippen LogP) is 3.98. The minimum Gasteiger partial charge on any atom is -0.278 e. The topological polar surface area (TPSA) is 132 Å². The summed E-state index contributed by atoms with van der Waals surface area (Å²) in [5.74, 6) is 0.493. The Kier molecular flexibility index (Phi) is 7.41. The molecule has 2 aliphatic heterocycles. The van der Waals surface area contributed by atoms with Gasteiger partial charge in [-0.15, -0.1) is 0 Å². The van der Waals surface area contributed by atoms with Gasteiger partial charge in [-0.1, -0.05) is 23.7 Å². The average molecular weight is 605 g/mol. The number of halogens is 1. The van der Waals surface area contributed by atoms with Crippen molar-refractivity contribution in [1.29, 1.82) is 0 Å². The number of piperidine rings is 2. The van der Waals surface area contributed by atoms with Gasteiger partial charge < -0.3 is 0 Å². The van der Waals surface area contributed by atoms with Crippen LogP contribution in [0.1, 0.15) is 54.2 Å². The molecule has 0 unspecified atom stereocenters. The maximum atomic E-state index is 13.3. The van der Waals surface area contributed by atoms with Gasteiger partial charge in [-0.25, -0.2) is 25.4 Å². The molecule has 0 saturated carbocycles. The van der Waals surface area contributed by atoms with E-state index in [2.05, 4.69) is 26.5 Å². The van der Waals surface area contributed by atoms with Crippen molar-refractivity contribution in [2.24, 2.45) is 0 Å². The largest absolute Gasteiger partial charge is 0.278 e. The van der Waals surface area contributed by atoms with Gasteiger partial charge in [0.15, 0.2) is 0 Å². The first kappa shape index (κ1) is 27.6. The zero-order valence-electron chi connectivity index (χ0n) is 22.3. The maximum absolute atomic E-state index is 13.3. The highest BCUT2D eigenvalue weighted by Gasteiger charge is 2.31. The molecule has 2 aliphatic rings. The van der Waals surface area contributed by atoms with Gasteiger partial charge in [0.2, 0.25) is 20.0 Å². The molecule has 0 spiro atoms. The second kappa shape index (κ2) is 10.7. The van der Waals surface area contributed by atoms with Crippen LogP contribution in [0.5, 0.6) is 0 Å². The summed E-state index contributed by atoms with van der Waals surface area (Å²) in [6.45, 7) is 1.96. The molecule has 6 rings (SSSR count). The smallest absolute Gasteiger partial charge is 0.214 e. The Labute approximate surface area is 239 Å². The molecular formula is C27H33ClN6O4S2. The lowest BCUT2D eigenvalue weighted by Crippen LogP contribution is -2.39. The quantitative estimate of drug-likeness (QED) is 0.328. The number of fused-ring (bicyclic) bond motifs is 2. The number of nitrogens with zero attached hydrogens (tertiary/aromatic N) is 4. The Hall–Kier alpha value is -2.51. The van der Waals surface area contributed by atoms with Crippen molar-refractivity contribution in [3.05, 3.63) is 58.4 Å². The average Bonchev–Trinajstić information content (AvgIpc) is 3.61. The van der Waals surface area contributed by atoms with Crippen LogP contribution in [0.25, 0.3) is 21.8 Å². The van der Waals surface area contributed by atoms with Gasteiger partial charge in [-0.05, 0) is 72.8 Å². The molecule has 2 fully saturated rings. The Balaban J connectivity index is 1.11. The second-order valence-electron chi connectivity index (χ2n) is 11.0. The van der Waals surface area contributed by atoms with E-state index in [1.165, 1.54) is 10.6 Å². The molecule has 4 aromatic rings. The summed E-state index contributed by atoms with van der Waals surface area (Å²) in [7, 11) is -6.62. The molecule has 2 aromatic heterocycles. The zero-order chi connectivity index (χ0) is 28.1. The van der Waals surface area contributed by atoms with Crippen LogP contribution >= 0.6 is 11.6 Å². The van der Waals surface area contributed by atoms with Gasteiger partial charge in [-0.3, -0.25) is 10.2 Å². The maximum Gasteiger partial charge on any atom is 0.214 e. The van der Waals surface area contributed by atoms with Crippen molar-refractivity contribution < 1.29 is 16.8 Å². The van der Waals surface area contributed by atoms with Crippen LogP contribution in [0.4, 0.5) is 0 Å². The lowest BCUT2D eigenvalue weighted by molar-refractivity contribution is 0.320. The first-order valence-electron chi connectivity index (χ1n) is 13.6. The van der Waals surface area contributed by atoms with Crippen molar-refractivity contribution >= 4 is 53.5 Å². The number of hydrogen-bond acceptors (Lipinski definition) is 6. The van der Waals surface area contributed by atoms with E-state index in [0.717, 1.165) is 64.2 Å². The lowest BCUT2D eigenvalue weighted by atomic mass is 9.87. The third kappa shape index (κ3) is 5.39. The third-order valence-electron chi connectivity index (χ3n) is 8.57. The molecule has 2 saturated heterocycles. The van der Waals surface area contributed by atoms with Crippen molar-refractivity contribution in [3.63, 3.8) is 0 Å². The number of aryl methyl sites for hydroxylation is 1. The van der Waals surface area contributed by atoms with Crippen molar-refractivity contribution in [2.45, 2.75) is 43.9 Å². The third-order valence-corrected chi connectivity index (χ3v) is 12.0. The summed E-state index contributed by atoms with van der Waals surface area (Å²) >= 11 is 6.32. The standard InChI is InChI=1S/C27H33ClN6O4S2/c1-39(35,36)33-9-4-18(5-10-33)22-3-2-20(27-25(22)17-30-32-27)8-13-40(37,38)34-11-6-19(7-12-34)23-14-21(28)15-26-24(23)16-29-31-26/h2-3,14-19H,4-13H2,1H3,(H,29,31)(H,30,32). The number of benzene rings is 2. The van der Waals surface area contributed by atoms with Crippen molar-refractivity contribution in [1.82, 2.24) is 29.0 Å². The predicted molar refractivity (Wildman–Crippen MR) is 157 cm³/mol. The van der Waals surface area contributed by atoms with Gasteiger partial charge in [0, 0.05) is 42.0 Å². The summed E-state index contributed by atoms with van der Waals surface area (Å²) < 4.78 is 53.6. The summed E-state index contributed by atoms with van der Waals surface area (Å²) in [6, 6.07) is 7.89. The number of nitrogens with one attached hydrogen (secondary N) is 2. The monoisotopic (exact) mass is 604 g/mol. The van der Waals surface area contributed by atoms with E-state index in [0.29, 0.717) is 37.6 Å². The van der Waals surface area contributed by atoms with Gasteiger partial charge in [0.1, 0.15) is 0 Å². The van der Waals surface area contributed by atoms with E-state index in [1.807, 2.05) is 24.4 Å². The minimum atomic E-state index is -3.44. The van der Waals surface area contributed by atoms with Gasteiger partial charge in [0.25, 0.3) is 0 Å². The van der Waals surface area contributed by atoms with Crippen LogP contribution in [0.2, 0.25) is 5.02 Å². The fourth-order valence-corrected chi connectivity index (χ4v) is 8.97. The molecule has 0 radical (unpaired) electrons. The number of aromatic amines is 2. The second-order valence-corrected chi connectivity index (χ2v) is 15.5. The Morgan fingerprint density at radius 2 is 1.48 bits per heavy atom. The molecule has 0 amide bonds. The van der Waals surface area contributed by atoms with Gasteiger partial charge in [0.05, 0.1) is 35.4 Å². The summed E-state index contributed by atoms with van der Waals surface area (Å²) in [5, 5.41) is 17.1. The molecule has 0 atom stereocenters. The summed E-state index contributed by atoms with van der Waals surface area (Å²) in [6.07, 6.45) is 8.21. The zero-order valence-corrected chi connectivity index (χ0v) is 24.7. The fraction of sp³-hybridized carbons (Fsp3) is 0.481. The number of aromatic nitrogens is 4. The number of rotatable bonds is 7. The molecule has 13 heteroatoms. The molecule has 40 heavy (non-hydrogen) atoms. The van der Waals surface area contributed by atoms with Gasteiger partial charge in [-0.2, -0.15) is 10.2 Å². The number of H-pyrrole nitrogens is 2. The van der Waals surface area contributed by atoms with E-state index in [9.17, 15) is 16.8 Å². The summed E-state index contributed by atoms with van der Waals surface area (Å²) in [5.41, 5.74) is 4.94. The van der Waals surface area contributed by atoms with E-state index in [-0.39, 0.29) is 17.6 Å². The minimum absolute atomic E-state index is 0.0288. The summed E-state index contributed by atoms with van der Waals surface area (Å²) in [4.78, 5) is 0. The van der Waals surface area contributed by atoms with Crippen LogP contribution in [0, 0.1) is 0 Å². The van der Waals surface area contributed by atoms with Crippen LogP contribution in [-0.4, -0.2) is 84.0 Å². The van der Waals surface area contributed by atoms with E-state index in [1.54, 1.807) is 10.5 Å². The van der Waals surface area contributed by atoms with Crippen LogP contribution in [-0.2, 0) is 26.5 Å². The molecule has 4 heterocycles. The fourth-order valence-electron chi connectivity index (χ4n) is 6.37. The molecule has 214 valence electrons. The highest BCUT2D eigenvalue weighted by atomic mass is 35.5. The molecule has 2 aromatic carbocycles. The number of sulfonamides is 2. The Morgan fingerprint density at radius 1 is 0.850 bits per heavy atom. The van der Waals surface area contributed by atoms with E-state index in [4.69, 9.17) is 11.6 Å². The molecule has 2 N–H and O–H groups in total. The molecule has 0 aliphatic carbocycles. The Bertz CT molecular complexity index is 1750. The van der Waals surface area contributed by atoms with E-state index < -0.39 is 20.0 Å². The van der Waals surface area contributed by atoms with Crippen molar-refractivity contribution in [3.8, 4) is 0 Å². The normalized spacial score (nSPS) is 19.1. The van der Waals surface area contributed by atoms with Crippen LogP contribution in [0.3, 0.4) is 0 Å². The molecule has 10 nitrogen and oxygen atoms in total. The van der Waals surface area contributed by atoms with Crippen molar-refractivity contribution in [2.75, 3.05) is 38.2 Å². The van der Waals surface area contributed by atoms with Crippen LogP contribution in [0.15, 0.2) is 36.7 Å². The van der Waals surface area contributed by atoms with E-state index >= 15 is 0 Å². The number of hydrogen-bond donors (Lipinski definition) is 2. The molecular weight excluding hydrogens is 572 g/mol. The first-order chi connectivity index (χ1) is 19.1.